The zero-order chi connectivity index (χ0) is 10.6. The average Bonchev–Trinajstić information content (AvgIpc) is 2.65. The van der Waals surface area contributed by atoms with E-state index in [-0.39, 0.29) is 12.5 Å². The first-order valence-electron chi connectivity index (χ1n) is 4.21. The highest BCUT2D eigenvalue weighted by molar-refractivity contribution is 5.72. The summed E-state index contributed by atoms with van der Waals surface area (Å²) in [6.07, 6.45) is -0.632. The third kappa shape index (κ3) is 2.82. The first kappa shape index (κ1) is 10.7. The Hall–Kier alpha value is -1.40. The number of aromatic nitrogens is 2. The Morgan fingerprint density at radius 1 is 1.71 bits per heavy atom. The molecule has 1 amide bonds. The second kappa shape index (κ2) is 4.73. The van der Waals surface area contributed by atoms with E-state index in [0.29, 0.717) is 5.69 Å². The van der Waals surface area contributed by atoms with E-state index in [1.54, 1.807) is 6.07 Å². The standard InChI is InChI=1S/C8H13N3O3/c1-5(12)9-4-7(13)8(14)6-2-3-10-11-6/h2-3,7-8,13-14H,4H2,1H3,(H,9,12)(H,10,11). The number of carbonyl (C=O) groups excluding carboxylic acids is 1. The highest BCUT2D eigenvalue weighted by Gasteiger charge is 2.19. The lowest BCUT2D eigenvalue weighted by atomic mass is 10.1. The molecule has 6 heteroatoms. The molecule has 1 aromatic heterocycles. The molecule has 6 nitrogen and oxygen atoms in total. The molecule has 0 saturated carbocycles. The van der Waals surface area contributed by atoms with E-state index >= 15 is 0 Å². The van der Waals surface area contributed by atoms with Crippen LogP contribution in [0, 0.1) is 0 Å². The molecule has 78 valence electrons. The van der Waals surface area contributed by atoms with E-state index in [9.17, 15) is 15.0 Å². The lowest BCUT2D eigenvalue weighted by Crippen LogP contribution is -2.34. The van der Waals surface area contributed by atoms with Crippen LogP contribution in [0.3, 0.4) is 0 Å². The van der Waals surface area contributed by atoms with Crippen molar-refractivity contribution in [1.29, 1.82) is 0 Å². The number of hydrogen-bond donors (Lipinski definition) is 4. The van der Waals surface area contributed by atoms with Crippen LogP contribution in [0.5, 0.6) is 0 Å². The average molecular weight is 199 g/mol. The normalized spacial score (nSPS) is 14.8. The summed E-state index contributed by atoms with van der Waals surface area (Å²) >= 11 is 0. The Kier molecular flexibility index (Phi) is 3.61. The molecule has 2 unspecified atom stereocenters. The Morgan fingerprint density at radius 3 is 2.93 bits per heavy atom. The molecule has 0 aliphatic rings. The van der Waals surface area contributed by atoms with Crippen LogP contribution in [0.2, 0.25) is 0 Å². The summed E-state index contributed by atoms with van der Waals surface area (Å²) < 4.78 is 0. The van der Waals surface area contributed by atoms with Gasteiger partial charge in [0.05, 0.1) is 5.69 Å². The number of H-pyrrole nitrogens is 1. The predicted molar refractivity (Wildman–Crippen MR) is 48.2 cm³/mol. The molecular weight excluding hydrogens is 186 g/mol. The van der Waals surface area contributed by atoms with Gasteiger partial charge in [0.15, 0.2) is 0 Å². The predicted octanol–water partition coefficient (Wildman–Crippen LogP) is -1.06. The minimum absolute atomic E-state index is 0.00944. The van der Waals surface area contributed by atoms with Crippen molar-refractivity contribution >= 4 is 5.91 Å². The number of hydrogen-bond acceptors (Lipinski definition) is 4. The van der Waals surface area contributed by atoms with Gasteiger partial charge in [-0.15, -0.1) is 0 Å². The van der Waals surface area contributed by atoms with E-state index in [1.165, 1.54) is 13.1 Å². The number of amides is 1. The van der Waals surface area contributed by atoms with Crippen molar-refractivity contribution in [3.8, 4) is 0 Å². The van der Waals surface area contributed by atoms with Crippen LogP contribution in [0.15, 0.2) is 12.3 Å². The maximum atomic E-state index is 10.5. The number of nitrogens with one attached hydrogen (secondary N) is 2. The number of aliphatic hydroxyl groups is 2. The largest absolute Gasteiger partial charge is 0.388 e. The van der Waals surface area contributed by atoms with Crippen LogP contribution in [-0.2, 0) is 4.79 Å². The zero-order valence-electron chi connectivity index (χ0n) is 7.77. The van der Waals surface area contributed by atoms with Gasteiger partial charge in [-0.05, 0) is 6.07 Å². The summed E-state index contributed by atoms with van der Waals surface area (Å²) in [7, 11) is 0. The first-order valence-corrected chi connectivity index (χ1v) is 4.21. The van der Waals surface area contributed by atoms with Crippen molar-refractivity contribution < 1.29 is 15.0 Å². The number of aromatic amines is 1. The SMILES string of the molecule is CC(=O)NCC(O)C(O)c1ccn[nH]1. The minimum atomic E-state index is -1.07. The van der Waals surface area contributed by atoms with Gasteiger partial charge in [-0.3, -0.25) is 9.89 Å². The summed E-state index contributed by atoms with van der Waals surface area (Å²) in [5.41, 5.74) is 0.419. The molecule has 1 heterocycles. The number of aliphatic hydroxyl groups excluding tert-OH is 2. The Labute approximate surface area is 81.0 Å². The van der Waals surface area contributed by atoms with Crippen molar-refractivity contribution in [2.75, 3.05) is 6.54 Å². The summed E-state index contributed by atoms with van der Waals surface area (Å²) in [6, 6.07) is 1.56. The first-order chi connectivity index (χ1) is 6.61. The molecule has 0 aliphatic carbocycles. The second-order valence-corrected chi connectivity index (χ2v) is 2.96. The monoisotopic (exact) mass is 199 g/mol. The third-order valence-electron chi connectivity index (χ3n) is 1.77. The van der Waals surface area contributed by atoms with Gasteiger partial charge in [0, 0.05) is 19.7 Å². The summed E-state index contributed by atoms with van der Waals surface area (Å²) in [4.78, 5) is 10.5. The fourth-order valence-electron chi connectivity index (χ4n) is 0.999. The summed E-state index contributed by atoms with van der Waals surface area (Å²) in [5, 5.41) is 27.5. The Morgan fingerprint density at radius 2 is 2.43 bits per heavy atom. The fourth-order valence-corrected chi connectivity index (χ4v) is 0.999. The molecular formula is C8H13N3O3. The van der Waals surface area contributed by atoms with Gasteiger partial charge in [0.25, 0.3) is 0 Å². The molecule has 0 radical (unpaired) electrons. The molecule has 0 aromatic carbocycles. The van der Waals surface area contributed by atoms with E-state index in [4.69, 9.17) is 0 Å². The molecule has 0 saturated heterocycles. The van der Waals surface area contributed by atoms with Gasteiger partial charge >= 0.3 is 0 Å². The zero-order valence-corrected chi connectivity index (χ0v) is 7.77. The molecule has 0 spiro atoms. The van der Waals surface area contributed by atoms with Crippen LogP contribution in [0.25, 0.3) is 0 Å². The van der Waals surface area contributed by atoms with Crippen LogP contribution >= 0.6 is 0 Å². The van der Waals surface area contributed by atoms with Gasteiger partial charge in [-0.2, -0.15) is 5.10 Å². The van der Waals surface area contributed by atoms with Gasteiger partial charge in [0.2, 0.25) is 5.91 Å². The van der Waals surface area contributed by atoms with Crippen molar-refractivity contribution in [3.05, 3.63) is 18.0 Å². The van der Waals surface area contributed by atoms with Gasteiger partial charge in [-0.1, -0.05) is 0 Å². The quantitative estimate of drug-likeness (QED) is 0.496. The Balaban J connectivity index is 2.44. The van der Waals surface area contributed by atoms with Gasteiger partial charge in [0.1, 0.15) is 12.2 Å². The molecule has 1 aromatic rings. The van der Waals surface area contributed by atoms with Crippen molar-refractivity contribution in [3.63, 3.8) is 0 Å². The van der Waals surface area contributed by atoms with Crippen molar-refractivity contribution in [1.82, 2.24) is 15.5 Å². The highest BCUT2D eigenvalue weighted by atomic mass is 16.3. The molecule has 1 rings (SSSR count). The topological polar surface area (TPSA) is 98.2 Å². The van der Waals surface area contributed by atoms with Gasteiger partial charge in [-0.25, -0.2) is 0 Å². The summed E-state index contributed by atoms with van der Waals surface area (Å²) in [5.74, 6) is -0.249. The minimum Gasteiger partial charge on any atom is -0.388 e. The third-order valence-corrected chi connectivity index (χ3v) is 1.77. The molecule has 4 N–H and O–H groups in total. The Bertz CT molecular complexity index is 286. The smallest absolute Gasteiger partial charge is 0.216 e. The lowest BCUT2D eigenvalue weighted by Gasteiger charge is -2.16. The van der Waals surface area contributed by atoms with Crippen molar-refractivity contribution in [2.24, 2.45) is 0 Å². The fraction of sp³-hybridized carbons (Fsp3) is 0.500. The van der Waals surface area contributed by atoms with Crippen LogP contribution in [0.1, 0.15) is 18.7 Å². The van der Waals surface area contributed by atoms with Crippen LogP contribution in [-0.4, -0.2) is 39.0 Å². The van der Waals surface area contributed by atoms with Crippen LogP contribution < -0.4 is 5.32 Å². The molecule has 2 atom stereocenters. The highest BCUT2D eigenvalue weighted by Crippen LogP contribution is 2.12. The van der Waals surface area contributed by atoms with Crippen LogP contribution in [0.4, 0.5) is 0 Å². The maximum Gasteiger partial charge on any atom is 0.216 e. The summed E-state index contributed by atoms with van der Waals surface area (Å²) in [6.45, 7) is 1.35. The van der Waals surface area contributed by atoms with E-state index in [1.807, 2.05) is 0 Å². The molecule has 0 aliphatic heterocycles. The maximum absolute atomic E-state index is 10.5. The number of carbonyl (C=O) groups is 1. The number of nitrogens with zero attached hydrogens (tertiary/aromatic N) is 1. The molecule has 0 bridgehead atoms. The number of rotatable bonds is 4. The second-order valence-electron chi connectivity index (χ2n) is 2.96. The van der Waals surface area contributed by atoms with E-state index < -0.39 is 12.2 Å². The van der Waals surface area contributed by atoms with E-state index in [2.05, 4.69) is 15.5 Å². The van der Waals surface area contributed by atoms with Crippen molar-refractivity contribution in [2.45, 2.75) is 19.1 Å². The molecule has 14 heavy (non-hydrogen) atoms. The van der Waals surface area contributed by atoms with E-state index in [0.717, 1.165) is 0 Å². The molecule has 0 fully saturated rings. The van der Waals surface area contributed by atoms with Gasteiger partial charge < -0.3 is 15.5 Å². The lowest BCUT2D eigenvalue weighted by molar-refractivity contribution is -0.119.